The third-order valence-corrected chi connectivity index (χ3v) is 7.86. The van der Waals surface area contributed by atoms with Crippen LogP contribution in [0.1, 0.15) is 44.2 Å². The number of aromatic nitrogens is 1. The molecule has 0 radical (unpaired) electrons. The number of benzene rings is 3. The van der Waals surface area contributed by atoms with Crippen molar-refractivity contribution < 1.29 is 23.4 Å². The molecule has 0 atom stereocenters. The lowest BCUT2D eigenvalue weighted by molar-refractivity contribution is -0.120. The fourth-order valence-corrected chi connectivity index (χ4v) is 5.22. The molecule has 1 N–H and O–H groups in total. The van der Waals surface area contributed by atoms with Gasteiger partial charge in [0.1, 0.15) is 5.75 Å². The van der Waals surface area contributed by atoms with E-state index in [0.29, 0.717) is 46.0 Å². The van der Waals surface area contributed by atoms with E-state index >= 15 is 4.39 Å². The first-order valence-corrected chi connectivity index (χ1v) is 15.1. The maximum absolute atomic E-state index is 15.1. The van der Waals surface area contributed by atoms with Crippen molar-refractivity contribution in [1.82, 2.24) is 15.3 Å². The lowest BCUT2D eigenvalue weighted by atomic mass is 9.99. The molecule has 0 saturated carbocycles. The van der Waals surface area contributed by atoms with Crippen molar-refractivity contribution in [2.24, 2.45) is 11.0 Å². The van der Waals surface area contributed by atoms with E-state index in [9.17, 15) is 4.79 Å². The Hall–Kier alpha value is -4.50. The number of nitrogens with zero attached hydrogens (tertiary/aromatic N) is 3. The molecule has 1 aliphatic heterocycles. The number of methoxy groups -OCH3 is 1. The normalized spacial score (nSPS) is 14.4. The minimum absolute atomic E-state index is 0.0296. The van der Waals surface area contributed by atoms with Gasteiger partial charge in [0.05, 0.1) is 31.4 Å². The number of halogens is 1. The van der Waals surface area contributed by atoms with Crippen LogP contribution in [0.3, 0.4) is 0 Å². The predicted octanol–water partition coefficient (Wildman–Crippen LogP) is 6.76. The number of piperidine rings is 1. The van der Waals surface area contributed by atoms with Gasteiger partial charge in [0.15, 0.2) is 23.1 Å². The SMILES string of the molecule is COc1cc2c(Oc3ccc(CC(=O)N/N=C(\C)c4ccccc4)cc3F)ccnc2cc1OCCCN1CCC(C)CC1. The number of nitrogens with one attached hydrogen (secondary N) is 1. The number of fused-ring (bicyclic) bond motifs is 1. The van der Waals surface area contributed by atoms with E-state index in [1.54, 1.807) is 31.5 Å². The minimum Gasteiger partial charge on any atom is -0.493 e. The number of carbonyl (C=O) groups excluding carboxylic acids is 1. The maximum atomic E-state index is 15.1. The zero-order valence-electron chi connectivity index (χ0n) is 25.5. The van der Waals surface area contributed by atoms with Gasteiger partial charge in [-0.2, -0.15) is 5.10 Å². The Bertz CT molecular complexity index is 1600. The molecule has 0 spiro atoms. The van der Waals surface area contributed by atoms with Crippen LogP contribution in [-0.4, -0.2) is 54.9 Å². The summed E-state index contributed by atoms with van der Waals surface area (Å²) in [7, 11) is 1.59. The fraction of sp³-hybridized carbons (Fsp3) is 0.343. The second kappa shape index (κ2) is 14.8. The smallest absolute Gasteiger partial charge is 0.244 e. The van der Waals surface area contributed by atoms with Crippen LogP contribution in [0.4, 0.5) is 4.39 Å². The van der Waals surface area contributed by atoms with E-state index in [2.05, 4.69) is 27.3 Å². The van der Waals surface area contributed by atoms with Crippen molar-refractivity contribution in [3.63, 3.8) is 0 Å². The summed E-state index contributed by atoms with van der Waals surface area (Å²) in [6.45, 7) is 8.00. The second-order valence-electron chi connectivity index (χ2n) is 11.2. The summed E-state index contributed by atoms with van der Waals surface area (Å²) in [6.07, 6.45) is 5.01. The van der Waals surface area contributed by atoms with Crippen LogP contribution in [0, 0.1) is 11.7 Å². The van der Waals surface area contributed by atoms with Crippen LogP contribution in [0.5, 0.6) is 23.0 Å². The fourth-order valence-electron chi connectivity index (χ4n) is 5.22. The largest absolute Gasteiger partial charge is 0.493 e. The molecule has 0 unspecified atom stereocenters. The molecule has 230 valence electrons. The topological polar surface area (TPSA) is 85.3 Å². The Labute approximate surface area is 257 Å². The van der Waals surface area contributed by atoms with Gasteiger partial charge in [0.2, 0.25) is 5.91 Å². The monoisotopic (exact) mass is 598 g/mol. The third kappa shape index (κ3) is 8.11. The van der Waals surface area contributed by atoms with E-state index in [0.717, 1.165) is 37.5 Å². The number of hydrazone groups is 1. The highest BCUT2D eigenvalue weighted by molar-refractivity contribution is 5.99. The highest BCUT2D eigenvalue weighted by Crippen LogP contribution is 2.37. The van der Waals surface area contributed by atoms with Gasteiger partial charge >= 0.3 is 0 Å². The van der Waals surface area contributed by atoms with E-state index in [1.165, 1.54) is 25.0 Å². The van der Waals surface area contributed by atoms with Crippen LogP contribution in [-0.2, 0) is 11.2 Å². The van der Waals surface area contributed by atoms with Gasteiger partial charge in [-0.3, -0.25) is 9.78 Å². The number of likely N-dealkylation sites (tertiary alicyclic amines) is 1. The van der Waals surface area contributed by atoms with Crippen molar-refractivity contribution in [2.75, 3.05) is 33.4 Å². The summed E-state index contributed by atoms with van der Waals surface area (Å²) in [5, 5.41) is 4.81. The Morgan fingerprint density at radius 2 is 1.82 bits per heavy atom. The van der Waals surface area contributed by atoms with Crippen molar-refractivity contribution in [3.8, 4) is 23.0 Å². The first-order chi connectivity index (χ1) is 21.4. The molecular weight excluding hydrogens is 559 g/mol. The molecule has 44 heavy (non-hydrogen) atoms. The van der Waals surface area contributed by atoms with Gasteiger partial charge in [0.25, 0.3) is 0 Å². The number of ether oxygens (including phenoxy) is 3. The summed E-state index contributed by atoms with van der Waals surface area (Å²) in [5.41, 5.74) is 5.26. The standard InChI is InChI=1S/C35H39FN4O4/c1-24-13-17-40(18-14-24)16-7-19-43-34-23-30-28(22-33(34)42-3)31(12-15-37-30)44-32-11-10-26(20-29(32)36)21-35(41)39-38-25(2)27-8-5-4-6-9-27/h4-6,8-12,15,20,22-24H,7,13-14,16-19,21H2,1-3H3,(H,39,41)/b38-25+. The van der Waals surface area contributed by atoms with E-state index < -0.39 is 5.82 Å². The van der Waals surface area contributed by atoms with Crippen molar-refractivity contribution in [3.05, 3.63) is 89.9 Å². The summed E-state index contributed by atoms with van der Waals surface area (Å²) in [5.74, 6) is 1.50. The number of carbonyl (C=O) groups is 1. The molecular formula is C35H39FN4O4. The number of amides is 1. The van der Waals surface area contributed by atoms with Crippen LogP contribution < -0.4 is 19.6 Å². The summed E-state index contributed by atoms with van der Waals surface area (Å²) < 4.78 is 32.8. The molecule has 9 heteroatoms. The first kappa shape index (κ1) is 30.9. The minimum atomic E-state index is -0.584. The van der Waals surface area contributed by atoms with Gasteiger partial charge in [-0.1, -0.05) is 43.3 Å². The summed E-state index contributed by atoms with van der Waals surface area (Å²) in [6, 6.07) is 19.3. The number of rotatable bonds is 12. The van der Waals surface area contributed by atoms with Crippen LogP contribution >= 0.6 is 0 Å². The van der Waals surface area contributed by atoms with Crippen LogP contribution in [0.25, 0.3) is 10.9 Å². The average Bonchev–Trinajstić information content (AvgIpc) is 3.04. The molecule has 0 bridgehead atoms. The Kier molecular flexibility index (Phi) is 10.4. The van der Waals surface area contributed by atoms with Gasteiger partial charge in [-0.05, 0) is 80.6 Å². The molecule has 2 heterocycles. The van der Waals surface area contributed by atoms with Gasteiger partial charge in [0, 0.05) is 24.2 Å². The lowest BCUT2D eigenvalue weighted by Gasteiger charge is -2.30. The predicted molar refractivity (Wildman–Crippen MR) is 170 cm³/mol. The number of hydrogen-bond donors (Lipinski definition) is 1. The molecule has 1 saturated heterocycles. The molecule has 1 aromatic heterocycles. The quantitative estimate of drug-likeness (QED) is 0.110. The summed E-state index contributed by atoms with van der Waals surface area (Å²) in [4.78, 5) is 19.4. The van der Waals surface area contributed by atoms with Crippen molar-refractivity contribution in [1.29, 1.82) is 0 Å². The zero-order chi connectivity index (χ0) is 30.9. The highest BCUT2D eigenvalue weighted by atomic mass is 19.1. The first-order valence-electron chi connectivity index (χ1n) is 15.1. The molecule has 5 rings (SSSR count). The molecule has 1 amide bonds. The van der Waals surface area contributed by atoms with Gasteiger partial charge in [-0.15, -0.1) is 0 Å². The molecule has 0 aliphatic carbocycles. The van der Waals surface area contributed by atoms with Crippen molar-refractivity contribution >= 4 is 22.5 Å². The van der Waals surface area contributed by atoms with Crippen molar-refractivity contribution in [2.45, 2.75) is 39.5 Å². The van der Waals surface area contributed by atoms with Crippen LogP contribution in [0.2, 0.25) is 0 Å². The van der Waals surface area contributed by atoms with E-state index in [1.807, 2.05) is 43.3 Å². The molecule has 4 aromatic rings. The Balaban J connectivity index is 1.21. The molecule has 8 nitrogen and oxygen atoms in total. The van der Waals surface area contributed by atoms with E-state index in [4.69, 9.17) is 14.2 Å². The van der Waals surface area contributed by atoms with Crippen LogP contribution in [0.15, 0.2) is 78.0 Å². The van der Waals surface area contributed by atoms with E-state index in [-0.39, 0.29) is 18.1 Å². The second-order valence-corrected chi connectivity index (χ2v) is 11.2. The summed E-state index contributed by atoms with van der Waals surface area (Å²) >= 11 is 0. The Morgan fingerprint density at radius 3 is 2.57 bits per heavy atom. The highest BCUT2D eigenvalue weighted by Gasteiger charge is 2.17. The lowest BCUT2D eigenvalue weighted by Crippen LogP contribution is -2.34. The van der Waals surface area contributed by atoms with Gasteiger partial charge in [-0.25, -0.2) is 9.82 Å². The molecule has 3 aromatic carbocycles. The third-order valence-electron chi connectivity index (χ3n) is 7.86. The zero-order valence-corrected chi connectivity index (χ0v) is 25.5. The number of hydrogen-bond acceptors (Lipinski definition) is 7. The van der Waals surface area contributed by atoms with Gasteiger partial charge < -0.3 is 19.1 Å². The molecule has 1 fully saturated rings. The maximum Gasteiger partial charge on any atom is 0.244 e. The molecule has 1 aliphatic rings. The average molecular weight is 599 g/mol. The Morgan fingerprint density at radius 1 is 1.02 bits per heavy atom. The number of pyridine rings is 1.